The summed E-state index contributed by atoms with van der Waals surface area (Å²) in [5.41, 5.74) is 2.84. The molecule has 1 N–H and O–H groups in total. The Morgan fingerprint density at radius 2 is 1.86 bits per heavy atom. The van der Waals surface area contributed by atoms with Crippen LogP contribution in [0.3, 0.4) is 0 Å². The molecule has 0 aliphatic carbocycles. The average Bonchev–Trinajstić information content (AvgIpc) is 2.75. The normalized spacial score (nSPS) is 11.4. The van der Waals surface area contributed by atoms with Crippen LogP contribution in [0.15, 0.2) is 82.3 Å². The molecule has 0 saturated heterocycles. The second kappa shape index (κ2) is 7.98. The minimum atomic E-state index is -0.344. The lowest BCUT2D eigenvalue weighted by Gasteiger charge is -2.07. The van der Waals surface area contributed by atoms with E-state index in [1.807, 2.05) is 37.3 Å². The maximum absolute atomic E-state index is 13.0. The van der Waals surface area contributed by atoms with E-state index in [9.17, 15) is 4.79 Å². The molecule has 0 unspecified atom stereocenters. The number of carbonyl (C=O) groups is 1. The first-order valence-electron chi connectivity index (χ1n) is 9.08. The van der Waals surface area contributed by atoms with E-state index < -0.39 is 0 Å². The van der Waals surface area contributed by atoms with Gasteiger partial charge in [-0.2, -0.15) is 0 Å². The van der Waals surface area contributed by atoms with Gasteiger partial charge >= 0.3 is 0 Å². The summed E-state index contributed by atoms with van der Waals surface area (Å²) in [6, 6.07) is 20.1. The number of hydrogen-bond acceptors (Lipinski definition) is 5. The monoisotopic (exact) mass is 385 g/mol. The SMILES string of the molecule is COc1ccc(N=c2oc3ccccc3cc2C(=O)Nc2ccc(C)cn2)cc1. The summed E-state index contributed by atoms with van der Waals surface area (Å²) in [5, 5.41) is 3.61. The van der Waals surface area contributed by atoms with Gasteiger partial charge in [-0.05, 0) is 55.0 Å². The molecule has 2 heterocycles. The van der Waals surface area contributed by atoms with E-state index >= 15 is 0 Å². The average molecular weight is 385 g/mol. The molecule has 144 valence electrons. The van der Waals surface area contributed by atoms with Crippen molar-refractivity contribution < 1.29 is 13.9 Å². The number of amides is 1. The molecule has 1 amide bonds. The number of aromatic nitrogens is 1. The number of hydrogen-bond donors (Lipinski definition) is 1. The highest BCUT2D eigenvalue weighted by Crippen LogP contribution is 2.19. The van der Waals surface area contributed by atoms with Gasteiger partial charge in [-0.1, -0.05) is 24.3 Å². The van der Waals surface area contributed by atoms with Crippen molar-refractivity contribution in [2.75, 3.05) is 12.4 Å². The number of nitrogens with one attached hydrogen (secondary N) is 1. The van der Waals surface area contributed by atoms with Crippen molar-refractivity contribution in [3.8, 4) is 5.75 Å². The van der Waals surface area contributed by atoms with Gasteiger partial charge in [-0.3, -0.25) is 4.79 Å². The van der Waals surface area contributed by atoms with E-state index in [0.29, 0.717) is 22.7 Å². The Balaban J connectivity index is 1.79. The van der Waals surface area contributed by atoms with Crippen LogP contribution < -0.4 is 15.6 Å². The standard InChI is InChI=1S/C23H19N3O3/c1-15-7-12-21(24-14-15)26-22(27)19-13-16-5-3-4-6-20(16)29-23(19)25-17-8-10-18(28-2)11-9-17/h3-14H,1-2H3,(H,24,26,27). The summed E-state index contributed by atoms with van der Waals surface area (Å²) < 4.78 is 11.1. The first-order chi connectivity index (χ1) is 14.1. The molecule has 6 nitrogen and oxygen atoms in total. The van der Waals surface area contributed by atoms with Crippen molar-refractivity contribution in [2.45, 2.75) is 6.92 Å². The maximum Gasteiger partial charge on any atom is 0.262 e. The Morgan fingerprint density at radius 1 is 1.07 bits per heavy atom. The fourth-order valence-corrected chi connectivity index (χ4v) is 2.81. The molecule has 2 aromatic heterocycles. The molecule has 0 bridgehead atoms. The Morgan fingerprint density at radius 3 is 2.59 bits per heavy atom. The largest absolute Gasteiger partial charge is 0.497 e. The van der Waals surface area contributed by atoms with Crippen LogP contribution in [0, 0.1) is 6.92 Å². The van der Waals surface area contributed by atoms with Crippen LogP contribution in [0.1, 0.15) is 15.9 Å². The highest BCUT2D eigenvalue weighted by Gasteiger charge is 2.13. The van der Waals surface area contributed by atoms with Gasteiger partial charge in [0.15, 0.2) is 0 Å². The number of methoxy groups -OCH3 is 1. The molecule has 2 aromatic carbocycles. The van der Waals surface area contributed by atoms with Gasteiger partial charge in [0.25, 0.3) is 5.91 Å². The molecule has 4 rings (SSSR count). The number of fused-ring (bicyclic) bond motifs is 1. The molecule has 0 atom stereocenters. The Bertz CT molecular complexity index is 1230. The van der Waals surface area contributed by atoms with Crippen molar-refractivity contribution in [1.29, 1.82) is 0 Å². The van der Waals surface area contributed by atoms with Crippen LogP contribution in [-0.4, -0.2) is 18.0 Å². The molecule has 0 saturated carbocycles. The number of carbonyl (C=O) groups excluding carboxylic acids is 1. The number of anilines is 1. The van der Waals surface area contributed by atoms with E-state index in [1.54, 1.807) is 49.7 Å². The Kier molecular flexibility index (Phi) is 5.07. The summed E-state index contributed by atoms with van der Waals surface area (Å²) >= 11 is 0. The Hall–Kier alpha value is -3.93. The van der Waals surface area contributed by atoms with Gasteiger partial charge in [0.1, 0.15) is 22.7 Å². The Labute approximate surface area is 167 Å². The number of aryl methyl sites for hydroxylation is 1. The van der Waals surface area contributed by atoms with Crippen LogP contribution in [0.2, 0.25) is 0 Å². The summed E-state index contributed by atoms with van der Waals surface area (Å²) in [6.45, 7) is 1.94. The van der Waals surface area contributed by atoms with E-state index in [4.69, 9.17) is 9.15 Å². The van der Waals surface area contributed by atoms with Crippen molar-refractivity contribution in [2.24, 2.45) is 4.99 Å². The summed E-state index contributed by atoms with van der Waals surface area (Å²) in [6.07, 6.45) is 1.70. The lowest BCUT2D eigenvalue weighted by Crippen LogP contribution is -2.22. The van der Waals surface area contributed by atoms with Gasteiger partial charge in [-0.15, -0.1) is 0 Å². The third-order valence-corrected chi connectivity index (χ3v) is 4.36. The molecule has 0 radical (unpaired) electrons. The number of ether oxygens (including phenoxy) is 1. The maximum atomic E-state index is 13.0. The van der Waals surface area contributed by atoms with Gasteiger partial charge in [0.05, 0.1) is 12.8 Å². The third kappa shape index (κ3) is 4.16. The second-order valence-electron chi connectivity index (χ2n) is 6.49. The van der Waals surface area contributed by atoms with Gasteiger partial charge in [0.2, 0.25) is 5.55 Å². The zero-order valence-corrected chi connectivity index (χ0v) is 16.0. The number of para-hydroxylation sites is 1. The van der Waals surface area contributed by atoms with E-state index in [0.717, 1.165) is 16.7 Å². The van der Waals surface area contributed by atoms with Gasteiger partial charge in [0, 0.05) is 11.6 Å². The zero-order valence-electron chi connectivity index (χ0n) is 16.0. The molecule has 0 aliphatic heterocycles. The van der Waals surface area contributed by atoms with Crippen LogP contribution in [0.25, 0.3) is 11.0 Å². The molecule has 0 fully saturated rings. The third-order valence-electron chi connectivity index (χ3n) is 4.36. The number of benzene rings is 2. The smallest absolute Gasteiger partial charge is 0.262 e. The minimum Gasteiger partial charge on any atom is -0.497 e. The van der Waals surface area contributed by atoms with Crippen molar-refractivity contribution in [3.63, 3.8) is 0 Å². The number of rotatable bonds is 4. The first kappa shape index (κ1) is 18.4. The predicted octanol–water partition coefficient (Wildman–Crippen LogP) is 4.63. The fraction of sp³-hybridized carbons (Fsp3) is 0.0870. The van der Waals surface area contributed by atoms with Crippen molar-refractivity contribution >= 4 is 28.4 Å². The fourth-order valence-electron chi connectivity index (χ4n) is 2.81. The van der Waals surface area contributed by atoms with Crippen LogP contribution in [0.5, 0.6) is 5.75 Å². The molecule has 6 heteroatoms. The van der Waals surface area contributed by atoms with Crippen LogP contribution in [0.4, 0.5) is 11.5 Å². The zero-order chi connectivity index (χ0) is 20.2. The first-order valence-corrected chi connectivity index (χ1v) is 9.08. The predicted molar refractivity (Wildman–Crippen MR) is 111 cm³/mol. The van der Waals surface area contributed by atoms with Gasteiger partial charge < -0.3 is 14.5 Å². The van der Waals surface area contributed by atoms with Crippen molar-refractivity contribution in [3.05, 3.63) is 89.6 Å². The summed E-state index contributed by atoms with van der Waals surface area (Å²) in [7, 11) is 1.60. The van der Waals surface area contributed by atoms with E-state index in [2.05, 4.69) is 15.3 Å². The second-order valence-corrected chi connectivity index (χ2v) is 6.49. The van der Waals surface area contributed by atoms with Crippen LogP contribution >= 0.6 is 0 Å². The van der Waals surface area contributed by atoms with Crippen LogP contribution in [-0.2, 0) is 0 Å². The molecule has 29 heavy (non-hydrogen) atoms. The number of nitrogens with zero attached hydrogens (tertiary/aromatic N) is 2. The molecule has 4 aromatic rings. The highest BCUT2D eigenvalue weighted by atomic mass is 16.5. The highest BCUT2D eigenvalue weighted by molar-refractivity contribution is 6.04. The molecule has 0 spiro atoms. The molecule has 0 aliphatic rings. The topological polar surface area (TPSA) is 76.7 Å². The molecular formula is C23H19N3O3. The lowest BCUT2D eigenvalue weighted by atomic mass is 10.1. The summed E-state index contributed by atoms with van der Waals surface area (Å²) in [4.78, 5) is 21.7. The van der Waals surface area contributed by atoms with Crippen molar-refractivity contribution in [1.82, 2.24) is 4.98 Å². The van der Waals surface area contributed by atoms with E-state index in [-0.39, 0.29) is 11.5 Å². The molecular weight excluding hydrogens is 366 g/mol. The number of pyridine rings is 1. The lowest BCUT2D eigenvalue weighted by molar-refractivity contribution is 0.102. The van der Waals surface area contributed by atoms with Gasteiger partial charge in [-0.25, -0.2) is 9.98 Å². The quantitative estimate of drug-likeness (QED) is 0.556. The summed E-state index contributed by atoms with van der Waals surface area (Å²) in [5.74, 6) is 0.843. The van der Waals surface area contributed by atoms with E-state index in [1.165, 1.54) is 0 Å². The minimum absolute atomic E-state index is 0.221.